The van der Waals surface area contributed by atoms with Gasteiger partial charge in [-0.1, -0.05) is 19.9 Å². The van der Waals surface area contributed by atoms with Crippen molar-refractivity contribution in [2.24, 2.45) is 28.1 Å². The minimum atomic E-state index is -1.92. The quantitative estimate of drug-likeness (QED) is 0.0532. The number of fused-ring (bicyclic) bond motifs is 3. The first-order chi connectivity index (χ1) is 31.1. The summed E-state index contributed by atoms with van der Waals surface area (Å²) >= 11 is 0. The molecule has 22 nitrogen and oxygen atoms in total. The van der Waals surface area contributed by atoms with Gasteiger partial charge in [0.25, 0.3) is 0 Å². The Balaban J connectivity index is 1.06. The van der Waals surface area contributed by atoms with E-state index in [4.69, 9.17) is 37.9 Å². The number of hydrogen-bond acceptors (Lipinski definition) is 22. The van der Waals surface area contributed by atoms with Crippen LogP contribution in [0.2, 0.25) is 0 Å². The Morgan fingerprint density at radius 1 is 0.606 bits per heavy atom. The molecule has 0 radical (unpaired) electrons. The number of esters is 1. The van der Waals surface area contributed by atoms with Gasteiger partial charge in [-0.15, -0.1) is 0 Å². The molecular formula is C44H70O22. The Morgan fingerprint density at radius 2 is 1.12 bits per heavy atom. The van der Waals surface area contributed by atoms with Crippen LogP contribution in [0.4, 0.5) is 0 Å². The van der Waals surface area contributed by atoms with Crippen LogP contribution in [0.15, 0.2) is 12.2 Å². The zero-order valence-electron chi connectivity index (χ0n) is 37.4. The van der Waals surface area contributed by atoms with Gasteiger partial charge in [0.2, 0.25) is 6.29 Å². The fourth-order valence-electron chi connectivity index (χ4n) is 13.4. The van der Waals surface area contributed by atoms with Crippen molar-refractivity contribution >= 4 is 5.97 Å². The number of aliphatic hydroxyl groups is 13. The third kappa shape index (κ3) is 8.30. The van der Waals surface area contributed by atoms with E-state index in [0.717, 1.165) is 12.0 Å². The van der Waals surface area contributed by atoms with E-state index in [0.29, 0.717) is 51.4 Å². The zero-order valence-corrected chi connectivity index (χ0v) is 37.4. The van der Waals surface area contributed by atoms with Crippen LogP contribution in [0.3, 0.4) is 0 Å². The molecule has 2 bridgehead atoms. The van der Waals surface area contributed by atoms with Crippen LogP contribution >= 0.6 is 0 Å². The predicted molar refractivity (Wildman–Crippen MR) is 218 cm³/mol. The van der Waals surface area contributed by atoms with E-state index in [9.17, 15) is 71.2 Å². The summed E-state index contributed by atoms with van der Waals surface area (Å²) in [5.41, 5.74) is -2.19. The van der Waals surface area contributed by atoms with E-state index in [1.807, 2.05) is 6.92 Å². The van der Waals surface area contributed by atoms with E-state index >= 15 is 0 Å². The van der Waals surface area contributed by atoms with Crippen LogP contribution in [-0.2, 0) is 42.7 Å². The molecule has 4 saturated carbocycles. The molecule has 0 aromatic carbocycles. The van der Waals surface area contributed by atoms with Crippen molar-refractivity contribution in [2.75, 3.05) is 19.8 Å². The molecule has 26 atom stereocenters. The van der Waals surface area contributed by atoms with Gasteiger partial charge in [-0.05, 0) is 93.5 Å². The molecule has 8 rings (SSSR count). The van der Waals surface area contributed by atoms with Crippen molar-refractivity contribution in [3.63, 3.8) is 0 Å². The first-order valence-corrected chi connectivity index (χ1v) is 23.2. The van der Waals surface area contributed by atoms with Gasteiger partial charge in [-0.25, -0.2) is 0 Å². The van der Waals surface area contributed by atoms with Crippen molar-refractivity contribution < 1.29 is 109 Å². The highest BCUT2D eigenvalue weighted by atomic mass is 16.8. The lowest BCUT2D eigenvalue weighted by molar-refractivity contribution is -0.398. The smallest absolute Gasteiger partial charge is 0.314 e. The Morgan fingerprint density at radius 3 is 1.74 bits per heavy atom. The number of ether oxygens (including phenoxy) is 8. The number of hydrogen-bond donors (Lipinski definition) is 13. The van der Waals surface area contributed by atoms with Gasteiger partial charge in [-0.3, -0.25) is 4.79 Å². The van der Waals surface area contributed by atoms with Crippen molar-refractivity contribution in [2.45, 2.75) is 207 Å². The second-order valence-corrected chi connectivity index (χ2v) is 20.8. The highest BCUT2D eigenvalue weighted by Crippen LogP contribution is 2.73. The molecule has 8 fully saturated rings. The lowest BCUT2D eigenvalue weighted by Gasteiger charge is -2.64. The first-order valence-electron chi connectivity index (χ1n) is 23.2. The van der Waals surface area contributed by atoms with Crippen LogP contribution in [0, 0.1) is 28.1 Å². The maximum atomic E-state index is 14.3. The van der Waals surface area contributed by atoms with E-state index < -0.39 is 165 Å². The van der Waals surface area contributed by atoms with Crippen LogP contribution in [-0.4, -0.2) is 221 Å². The Hall–Kier alpha value is -1.59. The molecule has 1 unspecified atom stereocenters. The largest absolute Gasteiger partial charge is 0.432 e. The molecule has 4 aliphatic heterocycles. The summed E-state index contributed by atoms with van der Waals surface area (Å²) < 4.78 is 48.4. The number of carbonyl (C=O) groups is 1. The highest BCUT2D eigenvalue weighted by molar-refractivity contribution is 5.77. The summed E-state index contributed by atoms with van der Waals surface area (Å²) in [4.78, 5) is 14.3. The molecule has 0 aromatic heterocycles. The standard InChI is InChI=1S/C44H70O22/c1-17-12-43-10-6-22-41(3,8-5-9-42(22,4)40(58)65-38-33(57)30(54)26(50)20(14-46)61-38)23(43)7-11-44(17,16-43)66-39-35(64-36-31(55)28(52)24(48)18(2)59-36)34(27(51)21(15-47)62-39)63-37-32(56)29(53)25(49)19(13-45)60-37/h18-39,45-57H,1,5-16H2,2-4H3/t18-,19-,20-,21-,22+,23+,24-,25-,26-,27-,28+,29+,30+,31-,32-,33-,34+,35-,36+,37+,38+,39+,41-,42-,43?,44+/m1/s1. The number of carbonyl (C=O) groups excluding carboxylic acids is 1. The van der Waals surface area contributed by atoms with E-state index in [1.54, 1.807) is 0 Å². The molecule has 0 amide bonds. The lowest BCUT2D eigenvalue weighted by Crippen LogP contribution is -2.67. The maximum absolute atomic E-state index is 14.3. The second-order valence-electron chi connectivity index (χ2n) is 20.8. The predicted octanol–water partition coefficient (Wildman–Crippen LogP) is -4.09. The summed E-state index contributed by atoms with van der Waals surface area (Å²) in [6.45, 7) is 7.77. The van der Waals surface area contributed by atoms with Crippen LogP contribution in [0.25, 0.3) is 0 Å². The molecule has 13 N–H and O–H groups in total. The molecule has 8 aliphatic rings. The summed E-state index contributed by atoms with van der Waals surface area (Å²) in [7, 11) is 0. The Labute approximate surface area is 381 Å². The molecule has 1 spiro atoms. The van der Waals surface area contributed by atoms with Crippen LogP contribution in [0.5, 0.6) is 0 Å². The van der Waals surface area contributed by atoms with Gasteiger partial charge < -0.3 is 104 Å². The van der Waals surface area contributed by atoms with Crippen molar-refractivity contribution in [3.05, 3.63) is 12.2 Å². The monoisotopic (exact) mass is 950 g/mol. The summed E-state index contributed by atoms with van der Waals surface area (Å²) in [6, 6.07) is 0. The van der Waals surface area contributed by atoms with Gasteiger partial charge in [0.15, 0.2) is 18.9 Å². The average molecular weight is 951 g/mol. The molecule has 0 aromatic rings. The Bertz CT molecular complexity index is 1740. The SMILES string of the molecule is C=C1CC23CC[C@H]4[C@@](C)(CCC[C@@]4(C)C(=O)O[C@@H]4O[C@H](CO)[C@@H](O)[C@H](O)[C@H]4O)[C@@H]2CC[C@]1(O[C@@H]1O[C@H](CO)[C@@H](O)[C@H](O[C@@H]2O[C@H](CO)[C@@H](O)[C@H](O)[C@H]2O)[C@H]1O[C@@H]1O[C@H](C)[C@@H](O)[C@H](O)[C@H]1O)C3. The second kappa shape index (κ2) is 18.9. The maximum Gasteiger partial charge on any atom is 0.314 e. The summed E-state index contributed by atoms with van der Waals surface area (Å²) in [5, 5.41) is 137. The normalized spacial score (nSPS) is 55.2. The molecule has 4 aliphatic carbocycles. The average Bonchev–Trinajstić information content (AvgIpc) is 3.48. The number of rotatable bonds is 11. The first kappa shape index (κ1) is 50.8. The zero-order chi connectivity index (χ0) is 48.0. The third-order valence-corrected chi connectivity index (χ3v) is 17.0. The third-order valence-electron chi connectivity index (χ3n) is 17.0. The molecule has 378 valence electrons. The van der Waals surface area contributed by atoms with E-state index in [-0.39, 0.29) is 17.3 Å². The van der Waals surface area contributed by atoms with Crippen molar-refractivity contribution in [1.82, 2.24) is 0 Å². The van der Waals surface area contributed by atoms with E-state index in [1.165, 1.54) is 6.92 Å². The molecule has 4 saturated heterocycles. The van der Waals surface area contributed by atoms with Gasteiger partial charge in [-0.2, -0.15) is 0 Å². The van der Waals surface area contributed by atoms with Crippen molar-refractivity contribution in [3.8, 4) is 0 Å². The summed E-state index contributed by atoms with van der Waals surface area (Å²) in [6.07, 6.45) is -27.4. The molecule has 22 heteroatoms. The number of aliphatic hydroxyl groups excluding tert-OH is 13. The van der Waals surface area contributed by atoms with Crippen LogP contribution in [0.1, 0.15) is 78.6 Å². The molecular weight excluding hydrogens is 880 g/mol. The minimum Gasteiger partial charge on any atom is -0.432 e. The van der Waals surface area contributed by atoms with Crippen molar-refractivity contribution in [1.29, 1.82) is 0 Å². The lowest BCUT2D eigenvalue weighted by atomic mass is 9.41. The van der Waals surface area contributed by atoms with Crippen LogP contribution < -0.4 is 0 Å². The minimum absolute atomic E-state index is 0.0493. The fraction of sp³-hybridized carbons (Fsp3) is 0.932. The molecule has 66 heavy (non-hydrogen) atoms. The van der Waals surface area contributed by atoms with Gasteiger partial charge in [0, 0.05) is 0 Å². The fourth-order valence-corrected chi connectivity index (χ4v) is 13.4. The Kier molecular flexibility index (Phi) is 14.5. The van der Waals surface area contributed by atoms with E-state index in [2.05, 4.69) is 13.5 Å². The summed E-state index contributed by atoms with van der Waals surface area (Å²) in [5.74, 6) is -0.750. The topological polar surface area (TPSA) is 354 Å². The highest BCUT2D eigenvalue weighted by Gasteiger charge is 2.70. The van der Waals surface area contributed by atoms with Gasteiger partial charge >= 0.3 is 5.97 Å². The van der Waals surface area contributed by atoms with Gasteiger partial charge in [0.05, 0.1) is 36.9 Å². The van der Waals surface area contributed by atoms with Gasteiger partial charge in [0.1, 0.15) is 91.6 Å². The molecule has 4 heterocycles.